The predicted molar refractivity (Wildman–Crippen MR) is 114 cm³/mol. The molecule has 0 N–H and O–H groups in total. The number of amides is 2. The Labute approximate surface area is 178 Å². The number of aryl methyl sites for hydroxylation is 2. The summed E-state index contributed by atoms with van der Waals surface area (Å²) in [6, 6.07) is 7.77. The second-order valence-corrected chi connectivity index (χ2v) is 7.94. The van der Waals surface area contributed by atoms with Crippen molar-refractivity contribution in [2.24, 2.45) is 0 Å². The van der Waals surface area contributed by atoms with Crippen molar-refractivity contribution in [3.8, 4) is 11.3 Å². The summed E-state index contributed by atoms with van der Waals surface area (Å²) in [6.45, 7) is 8.07. The molecule has 30 heavy (non-hydrogen) atoms. The molecule has 1 atom stereocenters. The minimum absolute atomic E-state index is 0.00153. The monoisotopic (exact) mass is 413 g/mol. The first-order valence-electron chi connectivity index (χ1n) is 10.6. The van der Waals surface area contributed by atoms with Gasteiger partial charge in [-0.1, -0.05) is 22.9 Å². The average molecular weight is 414 g/mol. The summed E-state index contributed by atoms with van der Waals surface area (Å²) in [4.78, 5) is 28.8. The van der Waals surface area contributed by atoms with Crippen LogP contribution in [0.4, 0.5) is 0 Å². The maximum atomic E-state index is 13.2. The second kappa shape index (κ2) is 9.89. The van der Waals surface area contributed by atoms with Crippen LogP contribution >= 0.6 is 0 Å². The van der Waals surface area contributed by atoms with Gasteiger partial charge >= 0.3 is 0 Å². The van der Waals surface area contributed by atoms with E-state index >= 15 is 0 Å². The molecule has 1 fully saturated rings. The fourth-order valence-electron chi connectivity index (χ4n) is 3.57. The molecule has 0 aliphatic carbocycles. The summed E-state index contributed by atoms with van der Waals surface area (Å²) in [7, 11) is 1.77. The number of ether oxygens (including phenoxy) is 1. The third kappa shape index (κ3) is 5.27. The predicted octanol–water partition coefficient (Wildman–Crippen LogP) is 3.45. The van der Waals surface area contributed by atoms with Crippen LogP contribution in [0.25, 0.3) is 11.3 Å². The summed E-state index contributed by atoms with van der Waals surface area (Å²) >= 11 is 0. The van der Waals surface area contributed by atoms with Gasteiger partial charge in [0.1, 0.15) is 0 Å². The van der Waals surface area contributed by atoms with Crippen molar-refractivity contribution in [3.63, 3.8) is 0 Å². The number of nitrogens with zero attached hydrogens (tertiary/aromatic N) is 3. The van der Waals surface area contributed by atoms with Gasteiger partial charge in [-0.25, -0.2) is 0 Å². The molecule has 0 bridgehead atoms. The van der Waals surface area contributed by atoms with Crippen LogP contribution in [0.15, 0.2) is 28.8 Å². The first-order valence-corrected chi connectivity index (χ1v) is 10.6. The Morgan fingerprint density at radius 3 is 2.73 bits per heavy atom. The standard InChI is InChI=1S/C23H31N3O4/c1-5-25(4)22(27)10-11-26(15-18-7-6-12-29-18)23(28)20-14-21(30-24-20)19-13-16(2)8-9-17(19)3/h8-9,13-14,18H,5-7,10-12,15H2,1-4H3/t18-/m0/s1. The van der Waals surface area contributed by atoms with Crippen molar-refractivity contribution in [2.45, 2.75) is 46.1 Å². The first kappa shape index (κ1) is 22.0. The van der Waals surface area contributed by atoms with Gasteiger partial charge in [0, 0.05) is 51.3 Å². The van der Waals surface area contributed by atoms with E-state index in [0.717, 1.165) is 29.5 Å². The van der Waals surface area contributed by atoms with Crippen molar-refractivity contribution in [1.82, 2.24) is 15.0 Å². The quantitative estimate of drug-likeness (QED) is 0.663. The molecule has 1 aliphatic heterocycles. The van der Waals surface area contributed by atoms with Crippen LogP contribution in [-0.4, -0.2) is 66.2 Å². The van der Waals surface area contributed by atoms with Crippen molar-refractivity contribution < 1.29 is 18.8 Å². The van der Waals surface area contributed by atoms with Crippen molar-refractivity contribution in [3.05, 3.63) is 41.1 Å². The summed E-state index contributed by atoms with van der Waals surface area (Å²) in [6.07, 6.45) is 2.17. The molecule has 1 saturated heterocycles. The molecule has 0 radical (unpaired) electrons. The number of hydrogen-bond acceptors (Lipinski definition) is 5. The molecule has 0 spiro atoms. The largest absolute Gasteiger partial charge is 0.376 e. The number of carbonyl (C=O) groups excluding carboxylic acids is 2. The third-order valence-electron chi connectivity index (χ3n) is 5.62. The number of carbonyl (C=O) groups is 2. The van der Waals surface area contributed by atoms with Gasteiger partial charge in [-0.2, -0.15) is 0 Å². The van der Waals surface area contributed by atoms with Crippen molar-refractivity contribution >= 4 is 11.8 Å². The van der Waals surface area contributed by atoms with Crippen LogP contribution in [0.1, 0.15) is 47.8 Å². The molecule has 0 saturated carbocycles. The molecular weight excluding hydrogens is 382 g/mol. The van der Waals surface area contributed by atoms with Gasteiger partial charge in [0.05, 0.1) is 6.10 Å². The molecule has 0 unspecified atom stereocenters. The lowest BCUT2D eigenvalue weighted by atomic mass is 10.0. The van der Waals surface area contributed by atoms with Gasteiger partial charge in [-0.15, -0.1) is 0 Å². The molecule has 1 aromatic heterocycles. The molecule has 2 amide bonds. The van der Waals surface area contributed by atoms with E-state index in [0.29, 0.717) is 32.0 Å². The van der Waals surface area contributed by atoms with E-state index in [-0.39, 0.29) is 30.0 Å². The van der Waals surface area contributed by atoms with Crippen LogP contribution in [0, 0.1) is 13.8 Å². The molecule has 1 aromatic carbocycles. The lowest BCUT2D eigenvalue weighted by Gasteiger charge is -2.25. The van der Waals surface area contributed by atoms with Crippen LogP contribution in [0.2, 0.25) is 0 Å². The minimum Gasteiger partial charge on any atom is -0.376 e. The smallest absolute Gasteiger partial charge is 0.276 e. The summed E-state index contributed by atoms with van der Waals surface area (Å²) in [5.41, 5.74) is 3.34. The summed E-state index contributed by atoms with van der Waals surface area (Å²) in [5.74, 6) is 0.343. The van der Waals surface area contributed by atoms with Gasteiger partial charge in [0.2, 0.25) is 5.91 Å². The fourth-order valence-corrected chi connectivity index (χ4v) is 3.57. The molecule has 7 nitrogen and oxygen atoms in total. The van der Waals surface area contributed by atoms with Crippen LogP contribution in [-0.2, 0) is 9.53 Å². The fraction of sp³-hybridized carbons (Fsp3) is 0.522. The lowest BCUT2D eigenvalue weighted by molar-refractivity contribution is -0.129. The zero-order valence-corrected chi connectivity index (χ0v) is 18.3. The summed E-state index contributed by atoms with van der Waals surface area (Å²) in [5, 5.41) is 4.03. The van der Waals surface area contributed by atoms with E-state index in [1.54, 1.807) is 22.9 Å². The second-order valence-electron chi connectivity index (χ2n) is 7.94. The lowest BCUT2D eigenvalue weighted by Crippen LogP contribution is -2.40. The van der Waals surface area contributed by atoms with Gasteiger partial charge in [-0.3, -0.25) is 9.59 Å². The molecule has 7 heteroatoms. The van der Waals surface area contributed by atoms with E-state index < -0.39 is 0 Å². The van der Waals surface area contributed by atoms with Gasteiger partial charge in [0.15, 0.2) is 11.5 Å². The van der Waals surface area contributed by atoms with Gasteiger partial charge in [0.25, 0.3) is 5.91 Å². The molecule has 1 aliphatic rings. The topological polar surface area (TPSA) is 75.9 Å². The Kier molecular flexibility index (Phi) is 7.26. The van der Waals surface area contributed by atoms with E-state index in [9.17, 15) is 9.59 Å². The minimum atomic E-state index is -0.238. The Morgan fingerprint density at radius 2 is 2.03 bits per heavy atom. The first-order chi connectivity index (χ1) is 14.4. The maximum absolute atomic E-state index is 13.2. The van der Waals surface area contributed by atoms with E-state index in [2.05, 4.69) is 5.16 Å². The highest BCUT2D eigenvalue weighted by atomic mass is 16.5. The van der Waals surface area contributed by atoms with Gasteiger partial charge < -0.3 is 19.1 Å². The van der Waals surface area contributed by atoms with Crippen LogP contribution in [0.3, 0.4) is 0 Å². The number of aromatic nitrogens is 1. The van der Waals surface area contributed by atoms with Crippen LogP contribution in [0.5, 0.6) is 0 Å². The Morgan fingerprint density at radius 1 is 1.23 bits per heavy atom. The van der Waals surface area contributed by atoms with Gasteiger partial charge in [-0.05, 0) is 45.2 Å². The molecule has 2 aromatic rings. The zero-order chi connectivity index (χ0) is 21.7. The molecule has 3 rings (SSSR count). The summed E-state index contributed by atoms with van der Waals surface area (Å²) < 4.78 is 11.2. The molecule has 2 heterocycles. The average Bonchev–Trinajstić information content (AvgIpc) is 3.43. The maximum Gasteiger partial charge on any atom is 0.276 e. The molecule has 162 valence electrons. The zero-order valence-electron chi connectivity index (χ0n) is 18.3. The normalized spacial score (nSPS) is 15.9. The molecular formula is C23H31N3O4. The number of benzene rings is 1. The number of rotatable bonds is 8. The SMILES string of the molecule is CCN(C)C(=O)CCN(C[C@@H]1CCCO1)C(=O)c1cc(-c2cc(C)ccc2C)on1. The van der Waals surface area contributed by atoms with E-state index in [4.69, 9.17) is 9.26 Å². The Balaban J connectivity index is 1.77. The Hall–Kier alpha value is -2.67. The number of hydrogen-bond donors (Lipinski definition) is 0. The van der Waals surface area contributed by atoms with Crippen molar-refractivity contribution in [2.75, 3.05) is 33.3 Å². The van der Waals surface area contributed by atoms with Crippen LogP contribution < -0.4 is 0 Å². The third-order valence-corrected chi connectivity index (χ3v) is 5.62. The van der Waals surface area contributed by atoms with E-state index in [1.165, 1.54) is 0 Å². The van der Waals surface area contributed by atoms with E-state index in [1.807, 2.05) is 39.0 Å². The highest BCUT2D eigenvalue weighted by Crippen LogP contribution is 2.26. The highest BCUT2D eigenvalue weighted by molar-refractivity contribution is 5.93. The highest BCUT2D eigenvalue weighted by Gasteiger charge is 2.26. The van der Waals surface area contributed by atoms with Crippen molar-refractivity contribution in [1.29, 1.82) is 0 Å². The Bertz CT molecular complexity index is 886.